The topological polar surface area (TPSA) is 68.8 Å². The number of ether oxygens (including phenoxy) is 3. The molecule has 20 heavy (non-hydrogen) atoms. The molecule has 118 valence electrons. The van der Waals surface area contributed by atoms with Crippen molar-refractivity contribution < 1.29 is 19.0 Å². The fourth-order valence-corrected chi connectivity index (χ4v) is 1.92. The van der Waals surface area contributed by atoms with Crippen LogP contribution in [0.1, 0.15) is 33.6 Å². The lowest BCUT2D eigenvalue weighted by atomic mass is 10.2. The number of amides is 1. The number of rotatable bonds is 8. The first-order chi connectivity index (χ1) is 9.35. The highest BCUT2D eigenvalue weighted by Crippen LogP contribution is 2.32. The first kappa shape index (κ1) is 17.2. The van der Waals surface area contributed by atoms with Crippen molar-refractivity contribution in [1.29, 1.82) is 0 Å². The maximum absolute atomic E-state index is 11.6. The van der Waals surface area contributed by atoms with Crippen LogP contribution in [0.5, 0.6) is 0 Å². The van der Waals surface area contributed by atoms with Crippen LogP contribution in [0.25, 0.3) is 0 Å². The lowest BCUT2D eigenvalue weighted by molar-refractivity contribution is -0.100. The summed E-state index contributed by atoms with van der Waals surface area (Å²) in [6.07, 6.45) is 1.74. The van der Waals surface area contributed by atoms with Crippen LogP contribution in [-0.4, -0.2) is 51.3 Å². The Morgan fingerprint density at radius 3 is 2.25 bits per heavy atom. The highest BCUT2D eigenvalue weighted by molar-refractivity contribution is 5.67. The van der Waals surface area contributed by atoms with E-state index in [1.165, 1.54) is 12.8 Å². The van der Waals surface area contributed by atoms with E-state index >= 15 is 0 Å². The van der Waals surface area contributed by atoms with Crippen molar-refractivity contribution in [3.63, 3.8) is 0 Å². The van der Waals surface area contributed by atoms with Crippen molar-refractivity contribution in [2.75, 3.05) is 27.3 Å². The third kappa shape index (κ3) is 7.07. The van der Waals surface area contributed by atoms with Crippen LogP contribution in [0, 0.1) is 5.92 Å². The predicted octanol–water partition coefficient (Wildman–Crippen LogP) is 1.50. The summed E-state index contributed by atoms with van der Waals surface area (Å²) in [7, 11) is 3.22. The molecule has 2 N–H and O–H groups in total. The van der Waals surface area contributed by atoms with Gasteiger partial charge in [0.25, 0.3) is 0 Å². The lowest BCUT2D eigenvalue weighted by Crippen LogP contribution is -2.46. The molecule has 1 fully saturated rings. The molecule has 1 aliphatic rings. The van der Waals surface area contributed by atoms with E-state index in [-0.39, 0.29) is 18.4 Å². The van der Waals surface area contributed by atoms with E-state index in [0.29, 0.717) is 19.0 Å². The molecule has 1 amide bonds. The maximum Gasteiger partial charge on any atom is 0.407 e. The van der Waals surface area contributed by atoms with Crippen LogP contribution < -0.4 is 10.6 Å². The molecule has 0 saturated heterocycles. The highest BCUT2D eigenvalue weighted by atomic mass is 16.7. The molecular formula is C14H28N2O4. The van der Waals surface area contributed by atoms with Gasteiger partial charge in [0, 0.05) is 33.4 Å². The molecule has 0 spiro atoms. The first-order valence-corrected chi connectivity index (χ1v) is 7.11. The van der Waals surface area contributed by atoms with Crippen molar-refractivity contribution in [3.8, 4) is 0 Å². The van der Waals surface area contributed by atoms with Crippen LogP contribution in [0.3, 0.4) is 0 Å². The summed E-state index contributed by atoms with van der Waals surface area (Å²) in [6, 6.07) is 0.232. The molecular weight excluding hydrogens is 260 g/mol. The summed E-state index contributed by atoms with van der Waals surface area (Å²) in [4.78, 5) is 11.6. The summed E-state index contributed by atoms with van der Waals surface area (Å²) >= 11 is 0. The van der Waals surface area contributed by atoms with Gasteiger partial charge in [-0.25, -0.2) is 4.79 Å². The minimum atomic E-state index is -0.468. The average Bonchev–Trinajstić information content (AvgIpc) is 3.16. The molecule has 0 bridgehead atoms. The molecule has 0 radical (unpaired) electrons. The second-order valence-electron chi connectivity index (χ2n) is 6.14. The SMILES string of the molecule is COC(CNC(CNC(=O)OC(C)(C)C)C1CC1)OC. The number of hydrogen-bond donors (Lipinski definition) is 2. The van der Waals surface area contributed by atoms with Crippen molar-refractivity contribution in [2.24, 2.45) is 5.92 Å². The van der Waals surface area contributed by atoms with Gasteiger partial charge >= 0.3 is 6.09 Å². The van der Waals surface area contributed by atoms with Gasteiger partial charge in [0.1, 0.15) is 5.60 Å². The van der Waals surface area contributed by atoms with E-state index in [1.807, 2.05) is 20.8 Å². The van der Waals surface area contributed by atoms with Crippen LogP contribution in [-0.2, 0) is 14.2 Å². The van der Waals surface area contributed by atoms with Gasteiger partial charge in [0.2, 0.25) is 0 Å². The van der Waals surface area contributed by atoms with E-state index in [0.717, 1.165) is 0 Å². The number of alkyl carbamates (subject to hydrolysis) is 1. The van der Waals surface area contributed by atoms with E-state index in [9.17, 15) is 4.79 Å². The number of hydrogen-bond acceptors (Lipinski definition) is 5. The summed E-state index contributed by atoms with van der Waals surface area (Å²) in [5.41, 5.74) is -0.468. The molecule has 0 aromatic heterocycles. The minimum absolute atomic E-state index is 0.232. The first-order valence-electron chi connectivity index (χ1n) is 7.11. The summed E-state index contributed by atoms with van der Waals surface area (Å²) in [5, 5.41) is 6.20. The van der Waals surface area contributed by atoms with Gasteiger partial charge in [0.05, 0.1) is 0 Å². The molecule has 6 nitrogen and oxygen atoms in total. The zero-order valence-corrected chi connectivity index (χ0v) is 13.2. The Morgan fingerprint density at radius 1 is 1.20 bits per heavy atom. The molecule has 1 aliphatic carbocycles. The van der Waals surface area contributed by atoms with Crippen molar-refractivity contribution in [2.45, 2.75) is 51.5 Å². The third-order valence-electron chi connectivity index (χ3n) is 3.13. The smallest absolute Gasteiger partial charge is 0.407 e. The Balaban J connectivity index is 2.31. The van der Waals surface area contributed by atoms with Gasteiger partial charge in [-0.15, -0.1) is 0 Å². The van der Waals surface area contributed by atoms with E-state index in [1.54, 1.807) is 14.2 Å². The molecule has 1 rings (SSSR count). The maximum atomic E-state index is 11.6. The van der Waals surface area contributed by atoms with Gasteiger partial charge in [-0.2, -0.15) is 0 Å². The van der Waals surface area contributed by atoms with E-state index < -0.39 is 5.60 Å². The average molecular weight is 288 g/mol. The van der Waals surface area contributed by atoms with Crippen molar-refractivity contribution in [1.82, 2.24) is 10.6 Å². The Hall–Kier alpha value is -0.850. The molecule has 0 aromatic carbocycles. The molecule has 0 aromatic rings. The summed E-state index contributed by atoms with van der Waals surface area (Å²) < 4.78 is 15.5. The fraction of sp³-hybridized carbons (Fsp3) is 0.929. The van der Waals surface area contributed by atoms with E-state index in [4.69, 9.17) is 14.2 Å². The molecule has 0 aliphatic heterocycles. The number of methoxy groups -OCH3 is 2. The second kappa shape index (κ2) is 7.81. The van der Waals surface area contributed by atoms with Crippen LogP contribution in [0.4, 0.5) is 4.79 Å². The molecule has 1 saturated carbocycles. The molecule has 6 heteroatoms. The highest BCUT2D eigenvalue weighted by Gasteiger charge is 2.32. The lowest BCUT2D eigenvalue weighted by Gasteiger charge is -2.24. The molecule has 0 heterocycles. The van der Waals surface area contributed by atoms with Gasteiger partial charge in [0.15, 0.2) is 6.29 Å². The Morgan fingerprint density at radius 2 is 1.80 bits per heavy atom. The fourth-order valence-electron chi connectivity index (χ4n) is 1.92. The second-order valence-corrected chi connectivity index (χ2v) is 6.14. The standard InChI is InChI=1S/C14H28N2O4/c1-14(2,3)20-13(17)16-8-11(10-6-7-10)15-9-12(18-4)19-5/h10-12,15H,6-9H2,1-5H3,(H,16,17). The van der Waals surface area contributed by atoms with Crippen LogP contribution >= 0.6 is 0 Å². The molecule has 1 unspecified atom stereocenters. The number of carbonyl (C=O) groups excluding carboxylic acids is 1. The van der Waals surface area contributed by atoms with Gasteiger partial charge in [-0.1, -0.05) is 0 Å². The van der Waals surface area contributed by atoms with Crippen molar-refractivity contribution >= 4 is 6.09 Å². The van der Waals surface area contributed by atoms with Gasteiger partial charge in [-0.05, 0) is 39.5 Å². The van der Waals surface area contributed by atoms with Gasteiger partial charge in [-0.3, -0.25) is 0 Å². The Labute approximate surface area is 121 Å². The zero-order valence-electron chi connectivity index (χ0n) is 13.2. The molecule has 1 atom stereocenters. The van der Waals surface area contributed by atoms with Gasteiger partial charge < -0.3 is 24.8 Å². The van der Waals surface area contributed by atoms with Crippen LogP contribution in [0.15, 0.2) is 0 Å². The monoisotopic (exact) mass is 288 g/mol. The number of nitrogens with one attached hydrogen (secondary N) is 2. The summed E-state index contributed by atoms with van der Waals surface area (Å²) in [6.45, 7) is 6.71. The summed E-state index contributed by atoms with van der Waals surface area (Å²) in [5.74, 6) is 0.610. The Bertz CT molecular complexity index is 296. The quantitative estimate of drug-likeness (QED) is 0.662. The predicted molar refractivity (Wildman–Crippen MR) is 76.6 cm³/mol. The van der Waals surface area contributed by atoms with Crippen molar-refractivity contribution in [3.05, 3.63) is 0 Å². The van der Waals surface area contributed by atoms with E-state index in [2.05, 4.69) is 10.6 Å². The largest absolute Gasteiger partial charge is 0.444 e. The normalized spacial score (nSPS) is 17.1. The number of carbonyl (C=O) groups is 1. The zero-order chi connectivity index (χ0) is 15.2. The third-order valence-corrected chi connectivity index (χ3v) is 3.13. The Kier molecular flexibility index (Phi) is 6.71. The minimum Gasteiger partial charge on any atom is -0.444 e. The van der Waals surface area contributed by atoms with Crippen LogP contribution in [0.2, 0.25) is 0 Å².